The minimum atomic E-state index is 0.233. The Bertz CT molecular complexity index is 786. The maximum Gasteiger partial charge on any atom is 0.119 e. The molecule has 0 saturated heterocycles. The Morgan fingerprint density at radius 3 is 2.75 bits per heavy atom. The Labute approximate surface area is 170 Å². The van der Waals surface area contributed by atoms with Gasteiger partial charge < -0.3 is 10.1 Å². The van der Waals surface area contributed by atoms with Crippen LogP contribution in [0.4, 0.5) is 0 Å². The molecule has 0 aromatic heterocycles. The molecule has 0 heterocycles. The van der Waals surface area contributed by atoms with E-state index >= 15 is 0 Å². The van der Waals surface area contributed by atoms with Crippen LogP contribution in [-0.4, -0.2) is 19.7 Å². The van der Waals surface area contributed by atoms with Crippen molar-refractivity contribution in [2.24, 2.45) is 11.8 Å². The molecule has 2 bridgehead atoms. The van der Waals surface area contributed by atoms with E-state index in [4.69, 9.17) is 4.74 Å². The summed E-state index contributed by atoms with van der Waals surface area (Å²) in [6, 6.07) is 20.2. The van der Waals surface area contributed by atoms with Crippen molar-refractivity contribution < 1.29 is 4.74 Å². The summed E-state index contributed by atoms with van der Waals surface area (Å²) in [5.41, 5.74) is 3.10. The lowest BCUT2D eigenvalue weighted by Crippen LogP contribution is -2.54. The Hall–Kier alpha value is -2.06. The molecule has 2 nitrogen and oxygen atoms in total. The van der Waals surface area contributed by atoms with Crippen LogP contribution in [0.3, 0.4) is 0 Å². The normalized spacial score (nSPS) is 29.2. The first kappa shape index (κ1) is 19.3. The third kappa shape index (κ3) is 3.63. The van der Waals surface area contributed by atoms with E-state index in [1.54, 1.807) is 7.11 Å². The van der Waals surface area contributed by atoms with Gasteiger partial charge >= 0.3 is 0 Å². The van der Waals surface area contributed by atoms with Gasteiger partial charge in [-0.1, -0.05) is 55.0 Å². The van der Waals surface area contributed by atoms with Crippen molar-refractivity contribution in [1.29, 1.82) is 0 Å². The number of ether oxygens (including phenoxy) is 1. The average molecular weight is 376 g/mol. The number of hydrogen-bond acceptors (Lipinski definition) is 2. The molecule has 0 radical (unpaired) electrons. The highest BCUT2D eigenvalue weighted by atomic mass is 16.5. The number of hydrogen-bond donors (Lipinski definition) is 1. The molecule has 1 N–H and O–H groups in total. The predicted molar refractivity (Wildman–Crippen MR) is 117 cm³/mol. The first-order chi connectivity index (χ1) is 13.8. The number of fused-ring (bicyclic) bond motifs is 2. The van der Waals surface area contributed by atoms with Crippen molar-refractivity contribution >= 4 is 0 Å². The van der Waals surface area contributed by atoms with Crippen LogP contribution in [0.5, 0.6) is 5.75 Å². The molecule has 4 rings (SSSR count). The van der Waals surface area contributed by atoms with Crippen LogP contribution in [0, 0.1) is 11.8 Å². The molecule has 2 fully saturated rings. The summed E-state index contributed by atoms with van der Waals surface area (Å²) in [6.45, 7) is 5.34. The number of allylic oxidation sites excluding steroid dienone is 1. The van der Waals surface area contributed by atoms with E-state index in [0.717, 1.165) is 18.7 Å². The molecule has 148 valence electrons. The zero-order valence-corrected chi connectivity index (χ0v) is 17.1. The van der Waals surface area contributed by atoms with Gasteiger partial charge in [0.05, 0.1) is 7.11 Å². The Balaban J connectivity index is 1.50. The van der Waals surface area contributed by atoms with Gasteiger partial charge in [-0.15, -0.1) is 6.58 Å². The first-order valence-electron chi connectivity index (χ1n) is 10.8. The van der Waals surface area contributed by atoms with E-state index in [-0.39, 0.29) is 5.41 Å². The molecule has 0 amide bonds. The van der Waals surface area contributed by atoms with Crippen molar-refractivity contribution in [1.82, 2.24) is 5.32 Å². The Kier molecular flexibility index (Phi) is 5.87. The molecule has 4 atom stereocenters. The quantitative estimate of drug-likeness (QED) is 0.643. The third-order valence-corrected chi connectivity index (χ3v) is 7.24. The summed E-state index contributed by atoms with van der Waals surface area (Å²) >= 11 is 0. The highest BCUT2D eigenvalue weighted by molar-refractivity contribution is 5.37. The van der Waals surface area contributed by atoms with Crippen molar-refractivity contribution in [3.05, 3.63) is 78.4 Å². The lowest BCUT2D eigenvalue weighted by Gasteiger charge is -2.54. The Morgan fingerprint density at radius 1 is 1.11 bits per heavy atom. The summed E-state index contributed by atoms with van der Waals surface area (Å²) in [5, 5.41) is 3.91. The predicted octanol–water partition coefficient (Wildman–Crippen LogP) is 5.53. The van der Waals surface area contributed by atoms with Crippen LogP contribution in [-0.2, 0) is 11.8 Å². The van der Waals surface area contributed by atoms with Gasteiger partial charge in [0.1, 0.15) is 5.75 Å². The van der Waals surface area contributed by atoms with Gasteiger partial charge in [-0.2, -0.15) is 0 Å². The molecule has 2 heteroatoms. The smallest absolute Gasteiger partial charge is 0.119 e. The second kappa shape index (κ2) is 8.53. The van der Waals surface area contributed by atoms with Crippen LogP contribution in [0.1, 0.15) is 43.2 Å². The van der Waals surface area contributed by atoms with E-state index in [1.807, 2.05) is 0 Å². The second-order valence-electron chi connectivity index (χ2n) is 8.54. The van der Waals surface area contributed by atoms with Gasteiger partial charge in [0.2, 0.25) is 0 Å². The molecule has 2 aliphatic carbocycles. The fourth-order valence-electron chi connectivity index (χ4n) is 5.89. The highest BCUT2D eigenvalue weighted by Gasteiger charge is 2.50. The number of benzene rings is 2. The Morgan fingerprint density at radius 2 is 1.96 bits per heavy atom. The monoisotopic (exact) mass is 375 g/mol. The zero-order chi connectivity index (χ0) is 19.4. The summed E-state index contributed by atoms with van der Waals surface area (Å²) in [4.78, 5) is 0. The largest absolute Gasteiger partial charge is 0.497 e. The fraction of sp³-hybridized carbons (Fsp3) is 0.462. The average Bonchev–Trinajstić information content (AvgIpc) is 2.75. The lowest BCUT2D eigenvalue weighted by atomic mass is 9.51. The van der Waals surface area contributed by atoms with Crippen LogP contribution in [0.2, 0.25) is 0 Å². The van der Waals surface area contributed by atoms with Gasteiger partial charge in [0.15, 0.2) is 0 Å². The summed E-state index contributed by atoms with van der Waals surface area (Å²) in [7, 11) is 1.76. The number of rotatable bonds is 7. The minimum absolute atomic E-state index is 0.233. The molecule has 2 aromatic carbocycles. The summed E-state index contributed by atoms with van der Waals surface area (Å²) in [5.74, 6) is 2.19. The summed E-state index contributed by atoms with van der Waals surface area (Å²) in [6.07, 6.45) is 9.73. The van der Waals surface area contributed by atoms with Crippen LogP contribution in [0.15, 0.2) is 67.3 Å². The van der Waals surface area contributed by atoms with Gasteiger partial charge in [-0.3, -0.25) is 0 Å². The standard InChI is InChI=1S/C26H33NO/c1-3-24-23-13-8-16-26(24,21-11-7-12-22(19-21)28-2)17-14-25(23)27-18-15-20-9-5-4-6-10-20/h3-7,9-12,19,23-25,27H,1,8,13-18H2,2H3/t23-,24-,25?,26-/m0/s1. The fourth-order valence-corrected chi connectivity index (χ4v) is 5.89. The lowest BCUT2D eigenvalue weighted by molar-refractivity contribution is 0.0589. The van der Waals surface area contributed by atoms with Crippen molar-refractivity contribution in [3.63, 3.8) is 0 Å². The van der Waals surface area contributed by atoms with Gasteiger partial charge in [-0.25, -0.2) is 0 Å². The second-order valence-corrected chi connectivity index (χ2v) is 8.54. The van der Waals surface area contributed by atoms with E-state index in [1.165, 1.54) is 43.2 Å². The van der Waals surface area contributed by atoms with E-state index < -0.39 is 0 Å². The summed E-state index contributed by atoms with van der Waals surface area (Å²) < 4.78 is 5.53. The van der Waals surface area contributed by atoms with Crippen LogP contribution < -0.4 is 10.1 Å². The molecule has 0 aliphatic heterocycles. The molecule has 2 saturated carbocycles. The molecule has 2 aromatic rings. The van der Waals surface area contributed by atoms with Crippen LogP contribution >= 0.6 is 0 Å². The number of nitrogens with one attached hydrogen (secondary N) is 1. The maximum absolute atomic E-state index is 5.53. The molecule has 0 spiro atoms. The topological polar surface area (TPSA) is 21.3 Å². The van der Waals surface area contributed by atoms with Crippen molar-refractivity contribution in [3.8, 4) is 5.75 Å². The van der Waals surface area contributed by atoms with Gasteiger partial charge in [-0.05, 0) is 73.7 Å². The van der Waals surface area contributed by atoms with Gasteiger partial charge in [0, 0.05) is 11.5 Å². The van der Waals surface area contributed by atoms with E-state index in [9.17, 15) is 0 Å². The molecule has 1 unspecified atom stereocenters. The van der Waals surface area contributed by atoms with E-state index in [0.29, 0.717) is 17.9 Å². The molecular weight excluding hydrogens is 342 g/mol. The van der Waals surface area contributed by atoms with Crippen LogP contribution in [0.25, 0.3) is 0 Å². The van der Waals surface area contributed by atoms with Crippen molar-refractivity contribution in [2.75, 3.05) is 13.7 Å². The maximum atomic E-state index is 5.53. The zero-order valence-electron chi connectivity index (χ0n) is 17.1. The molecular formula is C26H33NO. The third-order valence-electron chi connectivity index (χ3n) is 7.24. The highest BCUT2D eigenvalue weighted by Crippen LogP contribution is 2.55. The van der Waals surface area contributed by atoms with E-state index in [2.05, 4.69) is 72.6 Å². The molecule has 2 aliphatic rings. The SMILES string of the molecule is C=C[C@H]1[C@@H]2CCC[C@@]1(c1cccc(OC)c1)CCC2NCCc1ccccc1. The van der Waals surface area contributed by atoms with Crippen molar-refractivity contribution in [2.45, 2.75) is 50.0 Å². The van der Waals surface area contributed by atoms with Gasteiger partial charge in [0.25, 0.3) is 0 Å². The minimum Gasteiger partial charge on any atom is -0.497 e. The first-order valence-corrected chi connectivity index (χ1v) is 10.8. The number of methoxy groups -OCH3 is 1. The molecule has 28 heavy (non-hydrogen) atoms.